The summed E-state index contributed by atoms with van der Waals surface area (Å²) in [6.07, 6.45) is 3.83. The first-order chi connectivity index (χ1) is 6.66. The zero-order valence-corrected chi connectivity index (χ0v) is 9.06. The number of halogens is 1. The van der Waals surface area contributed by atoms with Gasteiger partial charge in [0.15, 0.2) is 0 Å². The summed E-state index contributed by atoms with van der Waals surface area (Å²) in [5.41, 5.74) is 8.71. The Labute approximate surface area is 89.4 Å². The van der Waals surface area contributed by atoms with Crippen molar-refractivity contribution in [3.63, 3.8) is 0 Å². The highest BCUT2D eigenvalue weighted by molar-refractivity contribution is 6.31. The molecular weight excluding hydrogens is 196 g/mol. The first-order valence-electron chi connectivity index (χ1n) is 4.99. The Kier molecular flexibility index (Phi) is 2.55. The van der Waals surface area contributed by atoms with E-state index >= 15 is 0 Å². The van der Waals surface area contributed by atoms with E-state index in [0.717, 1.165) is 22.0 Å². The first-order valence-corrected chi connectivity index (χ1v) is 5.37. The third kappa shape index (κ3) is 1.80. The molecule has 1 fully saturated rings. The summed E-state index contributed by atoms with van der Waals surface area (Å²) in [5, 5.41) is 4.17. The molecule has 2 rings (SSSR count). The molecule has 14 heavy (non-hydrogen) atoms. The van der Waals surface area contributed by atoms with Gasteiger partial charge < -0.3 is 11.1 Å². The molecule has 3 N–H and O–H groups in total. The lowest BCUT2D eigenvalue weighted by Gasteiger charge is -2.28. The molecule has 1 saturated carbocycles. The zero-order valence-electron chi connectivity index (χ0n) is 8.31. The molecule has 3 heteroatoms. The molecule has 1 aliphatic carbocycles. The van der Waals surface area contributed by atoms with Crippen LogP contribution in [-0.2, 0) is 0 Å². The third-order valence-corrected chi connectivity index (χ3v) is 3.20. The molecule has 2 nitrogen and oxygen atoms in total. The van der Waals surface area contributed by atoms with Crippen LogP contribution in [0.25, 0.3) is 0 Å². The van der Waals surface area contributed by atoms with Crippen LogP contribution < -0.4 is 11.1 Å². The van der Waals surface area contributed by atoms with E-state index in [9.17, 15) is 0 Å². The van der Waals surface area contributed by atoms with E-state index in [1.54, 1.807) is 0 Å². The molecule has 76 valence electrons. The largest absolute Gasteiger partial charge is 0.397 e. The number of nitrogens with one attached hydrogen (secondary N) is 1. The molecule has 0 aromatic heterocycles. The van der Waals surface area contributed by atoms with Crippen LogP contribution >= 0.6 is 11.6 Å². The summed E-state index contributed by atoms with van der Waals surface area (Å²) >= 11 is 5.96. The molecule has 0 radical (unpaired) electrons. The van der Waals surface area contributed by atoms with Crippen LogP contribution in [-0.4, -0.2) is 6.04 Å². The van der Waals surface area contributed by atoms with E-state index in [1.807, 2.05) is 19.1 Å². The molecule has 1 aliphatic rings. The van der Waals surface area contributed by atoms with Crippen molar-refractivity contribution in [3.8, 4) is 0 Å². The van der Waals surface area contributed by atoms with Crippen LogP contribution in [0.5, 0.6) is 0 Å². The van der Waals surface area contributed by atoms with Crippen LogP contribution in [0.2, 0.25) is 5.02 Å². The Morgan fingerprint density at radius 1 is 1.43 bits per heavy atom. The van der Waals surface area contributed by atoms with Gasteiger partial charge in [0.2, 0.25) is 0 Å². The Bertz CT molecular complexity index is 345. The average Bonchev–Trinajstić information content (AvgIpc) is 2.06. The van der Waals surface area contributed by atoms with E-state index in [4.69, 9.17) is 17.3 Å². The summed E-state index contributed by atoms with van der Waals surface area (Å²) < 4.78 is 0. The second-order valence-electron chi connectivity index (χ2n) is 3.96. The highest BCUT2D eigenvalue weighted by atomic mass is 35.5. The third-order valence-electron chi connectivity index (χ3n) is 2.80. The van der Waals surface area contributed by atoms with Crippen molar-refractivity contribution < 1.29 is 0 Å². The van der Waals surface area contributed by atoms with E-state index < -0.39 is 0 Å². The number of hydrogen-bond acceptors (Lipinski definition) is 2. The van der Waals surface area contributed by atoms with Gasteiger partial charge in [0.05, 0.1) is 11.4 Å². The SMILES string of the molecule is Cc1cc(NC2CCC2)c(N)cc1Cl. The number of nitrogens with two attached hydrogens (primary N) is 1. The summed E-state index contributed by atoms with van der Waals surface area (Å²) in [4.78, 5) is 0. The fourth-order valence-corrected chi connectivity index (χ4v) is 1.77. The topological polar surface area (TPSA) is 38.0 Å². The van der Waals surface area contributed by atoms with E-state index in [0.29, 0.717) is 6.04 Å². The predicted octanol–water partition coefficient (Wildman–Crippen LogP) is 3.20. The lowest BCUT2D eigenvalue weighted by Crippen LogP contribution is -2.27. The minimum absolute atomic E-state index is 0.609. The van der Waals surface area contributed by atoms with Gasteiger partial charge in [0.1, 0.15) is 0 Å². The van der Waals surface area contributed by atoms with Crippen molar-refractivity contribution in [2.75, 3.05) is 11.1 Å². The lowest BCUT2D eigenvalue weighted by atomic mass is 9.93. The van der Waals surface area contributed by atoms with Gasteiger partial charge in [0, 0.05) is 11.1 Å². The molecule has 0 amide bonds. The minimum Gasteiger partial charge on any atom is -0.397 e. The Morgan fingerprint density at radius 2 is 2.14 bits per heavy atom. The van der Waals surface area contributed by atoms with Crippen LogP contribution in [0.15, 0.2) is 12.1 Å². The number of rotatable bonds is 2. The number of nitrogen functional groups attached to an aromatic ring is 1. The normalized spacial score (nSPS) is 16.4. The van der Waals surface area contributed by atoms with Gasteiger partial charge in [-0.2, -0.15) is 0 Å². The van der Waals surface area contributed by atoms with Crippen molar-refractivity contribution >= 4 is 23.0 Å². The number of benzene rings is 1. The summed E-state index contributed by atoms with van der Waals surface area (Å²) in [6, 6.07) is 4.45. The van der Waals surface area contributed by atoms with Crippen LogP contribution in [0.3, 0.4) is 0 Å². The van der Waals surface area contributed by atoms with Crippen molar-refractivity contribution in [3.05, 3.63) is 22.7 Å². The van der Waals surface area contributed by atoms with Crippen LogP contribution in [0.1, 0.15) is 24.8 Å². The molecular formula is C11H15ClN2. The quantitative estimate of drug-likeness (QED) is 0.736. The van der Waals surface area contributed by atoms with Crippen molar-refractivity contribution in [1.82, 2.24) is 0 Å². The predicted molar refractivity (Wildman–Crippen MR) is 61.9 cm³/mol. The molecule has 0 aliphatic heterocycles. The molecule has 0 saturated heterocycles. The summed E-state index contributed by atoms with van der Waals surface area (Å²) in [6.45, 7) is 1.99. The molecule has 0 spiro atoms. The Hall–Kier alpha value is -0.890. The first kappa shape index (κ1) is 9.66. The van der Waals surface area contributed by atoms with Gasteiger partial charge in [0.25, 0.3) is 0 Å². The second-order valence-corrected chi connectivity index (χ2v) is 4.37. The molecule has 0 heterocycles. The number of aryl methyl sites for hydroxylation is 1. The lowest BCUT2D eigenvalue weighted by molar-refractivity contribution is 0.446. The Morgan fingerprint density at radius 3 is 2.71 bits per heavy atom. The molecule has 0 bridgehead atoms. The van der Waals surface area contributed by atoms with Crippen molar-refractivity contribution in [1.29, 1.82) is 0 Å². The molecule has 1 aromatic rings. The maximum atomic E-state index is 5.96. The van der Waals surface area contributed by atoms with Gasteiger partial charge in [-0.1, -0.05) is 11.6 Å². The number of hydrogen-bond donors (Lipinski definition) is 2. The summed E-state index contributed by atoms with van der Waals surface area (Å²) in [7, 11) is 0. The zero-order chi connectivity index (χ0) is 10.1. The van der Waals surface area contributed by atoms with Crippen LogP contribution in [0.4, 0.5) is 11.4 Å². The maximum Gasteiger partial charge on any atom is 0.0579 e. The van der Waals surface area contributed by atoms with Crippen molar-refractivity contribution in [2.45, 2.75) is 32.2 Å². The Balaban J connectivity index is 2.19. The number of anilines is 2. The van der Waals surface area contributed by atoms with Crippen molar-refractivity contribution in [2.24, 2.45) is 0 Å². The molecule has 1 aromatic carbocycles. The highest BCUT2D eigenvalue weighted by Gasteiger charge is 2.17. The fraction of sp³-hybridized carbons (Fsp3) is 0.455. The smallest absolute Gasteiger partial charge is 0.0579 e. The molecule has 0 atom stereocenters. The summed E-state index contributed by atoms with van der Waals surface area (Å²) in [5.74, 6) is 0. The van der Waals surface area contributed by atoms with Crippen LogP contribution in [0, 0.1) is 6.92 Å². The molecule has 0 unspecified atom stereocenters. The maximum absolute atomic E-state index is 5.96. The highest BCUT2D eigenvalue weighted by Crippen LogP contribution is 2.30. The van der Waals surface area contributed by atoms with E-state index in [1.165, 1.54) is 19.3 Å². The minimum atomic E-state index is 0.609. The fourth-order valence-electron chi connectivity index (χ4n) is 1.59. The monoisotopic (exact) mass is 210 g/mol. The van der Waals surface area contributed by atoms with Gasteiger partial charge in [-0.05, 0) is 43.9 Å². The van der Waals surface area contributed by atoms with Gasteiger partial charge in [-0.15, -0.1) is 0 Å². The standard InChI is InChI=1S/C11H15ClN2/c1-7-5-11(10(13)6-9(7)12)14-8-3-2-4-8/h5-6,8,14H,2-4,13H2,1H3. The van der Waals surface area contributed by atoms with E-state index in [2.05, 4.69) is 5.32 Å². The van der Waals surface area contributed by atoms with Gasteiger partial charge in [-0.25, -0.2) is 0 Å². The van der Waals surface area contributed by atoms with E-state index in [-0.39, 0.29) is 0 Å². The average molecular weight is 211 g/mol. The second kappa shape index (κ2) is 3.70. The van der Waals surface area contributed by atoms with Gasteiger partial charge >= 0.3 is 0 Å². The van der Waals surface area contributed by atoms with Gasteiger partial charge in [-0.3, -0.25) is 0 Å².